The van der Waals surface area contributed by atoms with Gasteiger partial charge in [0.25, 0.3) is 0 Å². The zero-order valence-corrected chi connectivity index (χ0v) is 13.3. The third-order valence-electron chi connectivity index (χ3n) is 4.36. The summed E-state index contributed by atoms with van der Waals surface area (Å²) in [6, 6.07) is 10.5. The summed E-state index contributed by atoms with van der Waals surface area (Å²) in [7, 11) is 0. The van der Waals surface area contributed by atoms with E-state index in [2.05, 4.69) is 44.5 Å². The van der Waals surface area contributed by atoms with Crippen molar-refractivity contribution >= 4 is 6.03 Å². The Labute approximate surface area is 137 Å². The minimum absolute atomic E-state index is 0.0497. The molecule has 122 valence electrons. The van der Waals surface area contributed by atoms with Gasteiger partial charge in [0.1, 0.15) is 0 Å². The van der Waals surface area contributed by atoms with Crippen molar-refractivity contribution < 1.29 is 4.79 Å². The number of benzene rings is 1. The number of amides is 2. The topological polar surface area (TPSA) is 59.0 Å². The molecule has 23 heavy (non-hydrogen) atoms. The average molecular weight is 312 g/mol. The van der Waals surface area contributed by atoms with Crippen LogP contribution < -0.4 is 10.6 Å². The van der Waals surface area contributed by atoms with Crippen molar-refractivity contribution in [1.82, 2.24) is 20.2 Å². The summed E-state index contributed by atoms with van der Waals surface area (Å²) in [6.07, 6.45) is 8.75. The van der Waals surface area contributed by atoms with E-state index in [1.165, 1.54) is 12.0 Å². The van der Waals surface area contributed by atoms with Crippen LogP contribution in [0.1, 0.15) is 30.7 Å². The molecule has 3 rings (SSSR count). The molecule has 2 atom stereocenters. The molecule has 0 radical (unpaired) electrons. The van der Waals surface area contributed by atoms with Crippen LogP contribution in [0.3, 0.4) is 0 Å². The third-order valence-corrected chi connectivity index (χ3v) is 4.36. The second-order valence-electron chi connectivity index (χ2n) is 6.16. The van der Waals surface area contributed by atoms with Crippen LogP contribution in [-0.2, 0) is 6.54 Å². The minimum Gasteiger partial charge on any atom is -0.338 e. The number of carbonyl (C=O) groups excluding carboxylic acids is 1. The van der Waals surface area contributed by atoms with Gasteiger partial charge in [-0.1, -0.05) is 30.3 Å². The van der Waals surface area contributed by atoms with E-state index in [1.807, 2.05) is 18.6 Å². The van der Waals surface area contributed by atoms with E-state index in [9.17, 15) is 4.79 Å². The Kier molecular flexibility index (Phi) is 5.29. The minimum atomic E-state index is -0.0497. The fraction of sp³-hybridized carbons (Fsp3) is 0.444. The Morgan fingerprint density at radius 2 is 2.09 bits per heavy atom. The highest BCUT2D eigenvalue weighted by Crippen LogP contribution is 2.46. The summed E-state index contributed by atoms with van der Waals surface area (Å²) >= 11 is 0. The van der Waals surface area contributed by atoms with Crippen LogP contribution in [0.15, 0.2) is 49.1 Å². The molecule has 2 aromatic rings. The molecule has 5 nitrogen and oxygen atoms in total. The Hall–Kier alpha value is -2.30. The quantitative estimate of drug-likeness (QED) is 0.736. The molecule has 1 fully saturated rings. The predicted molar refractivity (Wildman–Crippen MR) is 90.2 cm³/mol. The van der Waals surface area contributed by atoms with Crippen LogP contribution in [0.25, 0.3) is 0 Å². The molecule has 0 spiro atoms. The number of carbonyl (C=O) groups is 1. The second-order valence-corrected chi connectivity index (χ2v) is 6.16. The largest absolute Gasteiger partial charge is 0.338 e. The van der Waals surface area contributed by atoms with E-state index in [0.717, 1.165) is 25.9 Å². The van der Waals surface area contributed by atoms with Gasteiger partial charge in [0, 0.05) is 32.0 Å². The summed E-state index contributed by atoms with van der Waals surface area (Å²) in [5, 5.41) is 5.91. The van der Waals surface area contributed by atoms with Crippen LogP contribution in [0.4, 0.5) is 4.79 Å². The second kappa shape index (κ2) is 7.81. The number of imidazole rings is 1. The normalized spacial score (nSPS) is 19.3. The van der Waals surface area contributed by atoms with Crippen molar-refractivity contribution in [2.45, 2.75) is 31.7 Å². The van der Waals surface area contributed by atoms with Crippen molar-refractivity contribution in [3.05, 3.63) is 54.6 Å². The first-order valence-electron chi connectivity index (χ1n) is 8.35. The lowest BCUT2D eigenvalue weighted by molar-refractivity contribution is 0.240. The van der Waals surface area contributed by atoms with Gasteiger partial charge < -0.3 is 15.2 Å². The van der Waals surface area contributed by atoms with Crippen molar-refractivity contribution in [2.75, 3.05) is 13.1 Å². The first kappa shape index (κ1) is 15.6. The maximum absolute atomic E-state index is 11.8. The zero-order valence-electron chi connectivity index (χ0n) is 13.3. The van der Waals surface area contributed by atoms with E-state index in [-0.39, 0.29) is 6.03 Å². The van der Waals surface area contributed by atoms with E-state index in [0.29, 0.717) is 18.4 Å². The highest BCUT2D eigenvalue weighted by molar-refractivity contribution is 5.73. The van der Waals surface area contributed by atoms with Gasteiger partial charge >= 0.3 is 6.03 Å². The summed E-state index contributed by atoms with van der Waals surface area (Å²) in [4.78, 5) is 15.8. The molecule has 1 aromatic heterocycles. The van der Waals surface area contributed by atoms with Crippen molar-refractivity contribution in [2.24, 2.45) is 5.92 Å². The number of nitrogens with zero attached hydrogens (tertiary/aromatic N) is 2. The number of hydrogen-bond donors (Lipinski definition) is 2. The van der Waals surface area contributed by atoms with Gasteiger partial charge in [-0.15, -0.1) is 0 Å². The van der Waals surface area contributed by atoms with E-state index in [1.54, 1.807) is 6.20 Å². The molecule has 1 aromatic carbocycles. The monoisotopic (exact) mass is 312 g/mol. The van der Waals surface area contributed by atoms with Crippen molar-refractivity contribution in [1.29, 1.82) is 0 Å². The first-order valence-corrected chi connectivity index (χ1v) is 8.35. The van der Waals surface area contributed by atoms with Crippen LogP contribution in [0.2, 0.25) is 0 Å². The van der Waals surface area contributed by atoms with Crippen LogP contribution >= 0.6 is 0 Å². The molecule has 0 bridgehead atoms. The van der Waals surface area contributed by atoms with Crippen molar-refractivity contribution in [3.63, 3.8) is 0 Å². The van der Waals surface area contributed by atoms with Gasteiger partial charge in [-0.2, -0.15) is 0 Å². The molecule has 1 heterocycles. The summed E-state index contributed by atoms with van der Waals surface area (Å²) in [5.74, 6) is 1.20. The van der Waals surface area contributed by atoms with Crippen LogP contribution in [0, 0.1) is 5.92 Å². The maximum atomic E-state index is 11.8. The van der Waals surface area contributed by atoms with Crippen LogP contribution in [-0.4, -0.2) is 28.7 Å². The zero-order chi connectivity index (χ0) is 15.9. The molecule has 2 unspecified atom stereocenters. The lowest BCUT2D eigenvalue weighted by Gasteiger charge is -2.08. The SMILES string of the molecule is O=C(NCCCCn1ccnc1)NCC1CC1c1ccccc1. The Bertz CT molecular complexity index is 597. The van der Waals surface area contributed by atoms with E-state index < -0.39 is 0 Å². The fourth-order valence-corrected chi connectivity index (χ4v) is 2.91. The lowest BCUT2D eigenvalue weighted by Crippen LogP contribution is -2.37. The Balaban J connectivity index is 1.23. The van der Waals surface area contributed by atoms with Gasteiger partial charge in [0.2, 0.25) is 0 Å². The molecular formula is C18H24N4O. The van der Waals surface area contributed by atoms with Gasteiger partial charge in [0.15, 0.2) is 0 Å². The molecule has 1 saturated carbocycles. The fourth-order valence-electron chi connectivity index (χ4n) is 2.91. The molecule has 0 saturated heterocycles. The summed E-state index contributed by atoms with van der Waals surface area (Å²) in [5.41, 5.74) is 1.39. The first-order chi connectivity index (χ1) is 11.3. The van der Waals surface area contributed by atoms with Gasteiger partial charge in [-0.05, 0) is 36.7 Å². The van der Waals surface area contributed by atoms with Crippen molar-refractivity contribution in [3.8, 4) is 0 Å². The van der Waals surface area contributed by atoms with Gasteiger partial charge in [-0.25, -0.2) is 9.78 Å². The smallest absolute Gasteiger partial charge is 0.314 e. The number of hydrogen-bond acceptors (Lipinski definition) is 2. The summed E-state index contributed by atoms with van der Waals surface area (Å²) in [6.45, 7) is 2.43. The molecule has 5 heteroatoms. The molecule has 1 aliphatic rings. The number of unbranched alkanes of at least 4 members (excludes halogenated alkanes) is 1. The molecule has 2 N–H and O–H groups in total. The molecule has 1 aliphatic carbocycles. The van der Waals surface area contributed by atoms with E-state index >= 15 is 0 Å². The van der Waals surface area contributed by atoms with Crippen LogP contribution in [0.5, 0.6) is 0 Å². The number of aryl methyl sites for hydroxylation is 1. The Morgan fingerprint density at radius 1 is 1.22 bits per heavy atom. The highest BCUT2D eigenvalue weighted by atomic mass is 16.2. The predicted octanol–water partition coefficient (Wildman–Crippen LogP) is 2.77. The third kappa shape index (κ3) is 4.84. The standard InChI is InChI=1S/C18H24N4O/c23-18(20-8-4-5-10-22-11-9-19-14-22)21-13-16-12-17(16)15-6-2-1-3-7-15/h1-3,6-7,9,11,14,16-17H,4-5,8,10,12-13H2,(H2,20,21,23). The molecular weight excluding hydrogens is 288 g/mol. The van der Waals surface area contributed by atoms with Gasteiger partial charge in [-0.3, -0.25) is 0 Å². The lowest BCUT2D eigenvalue weighted by atomic mass is 10.1. The average Bonchev–Trinajstić information content (AvgIpc) is 3.18. The highest BCUT2D eigenvalue weighted by Gasteiger charge is 2.37. The van der Waals surface area contributed by atoms with E-state index in [4.69, 9.17) is 0 Å². The Morgan fingerprint density at radius 3 is 2.87 bits per heavy atom. The number of rotatable bonds is 8. The number of nitrogens with one attached hydrogen (secondary N) is 2. The maximum Gasteiger partial charge on any atom is 0.314 e. The number of aromatic nitrogens is 2. The molecule has 2 amide bonds. The molecule has 0 aliphatic heterocycles. The summed E-state index contributed by atoms with van der Waals surface area (Å²) < 4.78 is 2.05. The number of urea groups is 1. The van der Waals surface area contributed by atoms with Gasteiger partial charge in [0.05, 0.1) is 6.33 Å².